The number of carbonyl (C=O) groups is 1. The Balaban J connectivity index is 2.36. The summed E-state index contributed by atoms with van der Waals surface area (Å²) >= 11 is 0. The van der Waals surface area contributed by atoms with Crippen molar-refractivity contribution in [1.29, 1.82) is 0 Å². The van der Waals surface area contributed by atoms with Gasteiger partial charge in [0.25, 0.3) is 5.69 Å². The summed E-state index contributed by atoms with van der Waals surface area (Å²) in [5, 5.41) is 13.5. The van der Waals surface area contributed by atoms with Crippen molar-refractivity contribution < 1.29 is 27.3 Å². The van der Waals surface area contributed by atoms with Crippen molar-refractivity contribution in [3.8, 4) is 11.8 Å². The lowest BCUT2D eigenvalue weighted by molar-refractivity contribution is -0.384. The summed E-state index contributed by atoms with van der Waals surface area (Å²) in [4.78, 5) is 23.1. The molecule has 0 aliphatic heterocycles. The van der Waals surface area contributed by atoms with E-state index in [-0.39, 0.29) is 42.0 Å². The van der Waals surface area contributed by atoms with E-state index in [4.69, 9.17) is 9.16 Å². The number of nitro groups is 1. The molecule has 1 amide bonds. The standard InChI is InChI=1S/C27H37N3O7SSi/c1-27(2,3)39(5,6)37-19-11-10-18-29(38(34,35)24-16-14-23(15-17-24)30(32)33)25(26(31)28-4)21-36-20-22-12-8-7-9-13-22/h7-9,12-17,25H,18-21H2,1-6H3,(H,28,31)/t25-/m0/s1. The third-order valence-electron chi connectivity index (χ3n) is 6.61. The fourth-order valence-corrected chi connectivity index (χ4v) is 5.52. The number of non-ortho nitro benzene ring substituents is 1. The molecule has 212 valence electrons. The van der Waals surface area contributed by atoms with Crippen molar-refractivity contribution in [2.75, 3.05) is 26.8 Å². The third kappa shape index (κ3) is 8.98. The summed E-state index contributed by atoms with van der Waals surface area (Å²) in [7, 11) is -4.95. The van der Waals surface area contributed by atoms with Crippen LogP contribution in [0.4, 0.5) is 5.69 Å². The predicted molar refractivity (Wildman–Crippen MR) is 152 cm³/mol. The fourth-order valence-electron chi connectivity index (χ4n) is 3.17. The van der Waals surface area contributed by atoms with E-state index in [1.165, 1.54) is 7.05 Å². The topological polar surface area (TPSA) is 128 Å². The molecule has 0 heterocycles. The molecule has 2 rings (SSSR count). The first kappa shape index (κ1) is 32.1. The van der Waals surface area contributed by atoms with Gasteiger partial charge in [0, 0.05) is 19.2 Å². The average molecular weight is 576 g/mol. The van der Waals surface area contributed by atoms with Crippen molar-refractivity contribution in [1.82, 2.24) is 9.62 Å². The maximum Gasteiger partial charge on any atom is 0.269 e. The molecule has 0 unspecified atom stereocenters. The number of hydrogen-bond acceptors (Lipinski definition) is 7. The smallest absolute Gasteiger partial charge is 0.269 e. The molecule has 0 spiro atoms. The normalized spacial score (nSPS) is 12.9. The van der Waals surface area contributed by atoms with Crippen LogP contribution in [-0.2, 0) is 30.6 Å². The lowest BCUT2D eigenvalue weighted by atomic mass is 10.2. The largest absolute Gasteiger partial charge is 0.406 e. The molecule has 0 saturated carbocycles. The van der Waals surface area contributed by atoms with E-state index >= 15 is 0 Å². The number of carbonyl (C=O) groups excluding carboxylic acids is 1. The molecular formula is C27H37N3O7SSi. The van der Waals surface area contributed by atoms with Gasteiger partial charge in [-0.25, -0.2) is 8.42 Å². The second-order valence-electron chi connectivity index (χ2n) is 10.3. The van der Waals surface area contributed by atoms with Crippen LogP contribution >= 0.6 is 0 Å². The zero-order valence-corrected chi connectivity index (χ0v) is 25.1. The van der Waals surface area contributed by atoms with Crippen LogP contribution in [0.5, 0.6) is 0 Å². The molecule has 39 heavy (non-hydrogen) atoms. The molecular weight excluding hydrogens is 538 g/mol. The minimum atomic E-state index is -4.30. The van der Waals surface area contributed by atoms with Crippen molar-refractivity contribution >= 4 is 29.9 Å². The van der Waals surface area contributed by atoms with Crippen molar-refractivity contribution in [2.24, 2.45) is 0 Å². The first-order valence-corrected chi connectivity index (χ1v) is 16.7. The van der Waals surface area contributed by atoms with Gasteiger partial charge in [-0.1, -0.05) is 62.9 Å². The van der Waals surface area contributed by atoms with Gasteiger partial charge in [-0.15, -0.1) is 0 Å². The van der Waals surface area contributed by atoms with Crippen molar-refractivity contribution in [3.63, 3.8) is 0 Å². The van der Waals surface area contributed by atoms with Gasteiger partial charge in [-0.05, 0) is 35.8 Å². The molecule has 1 N–H and O–H groups in total. The van der Waals surface area contributed by atoms with Gasteiger partial charge in [-0.2, -0.15) is 4.31 Å². The van der Waals surface area contributed by atoms with E-state index < -0.39 is 35.2 Å². The summed E-state index contributed by atoms with van der Waals surface area (Å²) in [5.41, 5.74) is 0.609. The number of amides is 1. The molecule has 1 atom stereocenters. The minimum Gasteiger partial charge on any atom is -0.406 e. The predicted octanol–water partition coefficient (Wildman–Crippen LogP) is 3.94. The average Bonchev–Trinajstić information content (AvgIpc) is 2.88. The highest BCUT2D eigenvalue weighted by atomic mass is 32.2. The lowest BCUT2D eigenvalue weighted by Gasteiger charge is -2.35. The van der Waals surface area contributed by atoms with Crippen LogP contribution in [0.2, 0.25) is 18.1 Å². The monoisotopic (exact) mass is 575 g/mol. The zero-order valence-electron chi connectivity index (χ0n) is 23.3. The van der Waals surface area contributed by atoms with Crippen LogP contribution in [0.25, 0.3) is 0 Å². The van der Waals surface area contributed by atoms with Gasteiger partial charge in [0.15, 0.2) is 8.32 Å². The van der Waals surface area contributed by atoms with Crippen LogP contribution in [0.3, 0.4) is 0 Å². The maximum atomic E-state index is 13.7. The summed E-state index contributed by atoms with van der Waals surface area (Å²) in [6.45, 7) is 10.2. The summed E-state index contributed by atoms with van der Waals surface area (Å²) in [6.07, 6.45) is 0. The van der Waals surface area contributed by atoms with Gasteiger partial charge in [0.1, 0.15) is 6.04 Å². The van der Waals surface area contributed by atoms with E-state index in [9.17, 15) is 23.3 Å². The maximum absolute atomic E-state index is 13.7. The first-order valence-electron chi connectivity index (χ1n) is 12.4. The van der Waals surface area contributed by atoms with Crippen LogP contribution in [0, 0.1) is 22.0 Å². The molecule has 0 aliphatic carbocycles. The Hall–Kier alpha value is -3.08. The Morgan fingerprint density at radius 2 is 1.72 bits per heavy atom. The Bertz CT molecular complexity index is 1280. The molecule has 0 aliphatic rings. The Morgan fingerprint density at radius 3 is 2.26 bits per heavy atom. The molecule has 0 saturated heterocycles. The van der Waals surface area contributed by atoms with Crippen LogP contribution in [0.1, 0.15) is 26.3 Å². The third-order valence-corrected chi connectivity index (χ3v) is 13.0. The highest BCUT2D eigenvalue weighted by Crippen LogP contribution is 2.36. The second-order valence-corrected chi connectivity index (χ2v) is 17.0. The van der Waals surface area contributed by atoms with E-state index in [0.717, 1.165) is 34.1 Å². The molecule has 0 radical (unpaired) electrons. The zero-order chi connectivity index (χ0) is 29.3. The molecule has 2 aromatic carbocycles. The number of sulfonamides is 1. The highest BCUT2D eigenvalue weighted by Gasteiger charge is 2.37. The Labute approximate surface area is 232 Å². The van der Waals surface area contributed by atoms with Crippen molar-refractivity contribution in [2.45, 2.75) is 56.4 Å². The van der Waals surface area contributed by atoms with Crippen molar-refractivity contribution in [3.05, 3.63) is 70.3 Å². The Morgan fingerprint density at radius 1 is 1.10 bits per heavy atom. The lowest BCUT2D eigenvalue weighted by Crippen LogP contribution is -2.51. The number of nitrogens with one attached hydrogen (secondary N) is 1. The molecule has 12 heteroatoms. The SMILES string of the molecule is CNC(=O)[C@H](COCc1ccccc1)N(CC#CCO[Si](C)(C)C(C)(C)C)S(=O)(=O)c1ccc([N+](=O)[O-])cc1. The van der Waals surface area contributed by atoms with Gasteiger partial charge in [-0.3, -0.25) is 14.9 Å². The van der Waals surface area contributed by atoms with Crippen LogP contribution in [0.15, 0.2) is 59.5 Å². The number of hydrogen-bond donors (Lipinski definition) is 1. The molecule has 10 nitrogen and oxygen atoms in total. The summed E-state index contributed by atoms with van der Waals surface area (Å²) < 4.78 is 40.1. The molecule has 0 aromatic heterocycles. The molecule has 2 aromatic rings. The van der Waals surface area contributed by atoms with Gasteiger partial charge in [0.05, 0.1) is 36.2 Å². The number of benzene rings is 2. The summed E-state index contributed by atoms with van der Waals surface area (Å²) in [5.74, 6) is 5.14. The summed E-state index contributed by atoms with van der Waals surface area (Å²) in [6, 6.07) is 12.5. The fraction of sp³-hybridized carbons (Fsp3) is 0.444. The number of nitro benzene ring substituents is 1. The quantitative estimate of drug-likeness (QED) is 0.176. The van der Waals surface area contributed by atoms with E-state index in [2.05, 4.69) is 51.0 Å². The Kier molecular flexibility index (Phi) is 11.4. The van der Waals surface area contributed by atoms with E-state index in [1.807, 2.05) is 30.3 Å². The van der Waals surface area contributed by atoms with E-state index in [1.54, 1.807) is 0 Å². The second kappa shape index (κ2) is 13.8. The van der Waals surface area contributed by atoms with Crippen LogP contribution in [-0.4, -0.2) is 64.7 Å². The number of rotatable bonds is 12. The number of likely N-dealkylation sites (N-methyl/N-ethyl adjacent to an activating group) is 1. The highest BCUT2D eigenvalue weighted by molar-refractivity contribution is 7.89. The number of ether oxygens (including phenoxy) is 1. The van der Waals surface area contributed by atoms with Gasteiger partial charge < -0.3 is 14.5 Å². The molecule has 0 bridgehead atoms. The van der Waals surface area contributed by atoms with Gasteiger partial charge in [0.2, 0.25) is 15.9 Å². The number of nitrogens with zero attached hydrogens (tertiary/aromatic N) is 2. The van der Waals surface area contributed by atoms with Crippen LogP contribution < -0.4 is 5.32 Å². The minimum absolute atomic E-state index is 0.0135. The van der Waals surface area contributed by atoms with E-state index in [0.29, 0.717) is 0 Å². The first-order chi connectivity index (χ1) is 18.2. The molecule has 0 fully saturated rings. The van der Waals surface area contributed by atoms with Gasteiger partial charge >= 0.3 is 0 Å².